The fourth-order valence-corrected chi connectivity index (χ4v) is 4.45. The molecule has 22 heavy (non-hydrogen) atoms. The first kappa shape index (κ1) is 15.3. The van der Waals surface area contributed by atoms with Gasteiger partial charge in [-0.3, -0.25) is 9.10 Å². The van der Waals surface area contributed by atoms with Crippen LogP contribution in [0.4, 0.5) is 5.69 Å². The molecule has 0 saturated carbocycles. The molecule has 1 amide bonds. The quantitative estimate of drug-likeness (QED) is 0.817. The number of anilines is 1. The topological polar surface area (TPSA) is 66.9 Å². The van der Waals surface area contributed by atoms with Crippen LogP contribution in [0.2, 0.25) is 0 Å². The minimum Gasteiger partial charge on any atom is -0.378 e. The first-order valence-corrected chi connectivity index (χ1v) is 9.16. The van der Waals surface area contributed by atoms with Crippen LogP contribution in [-0.4, -0.2) is 57.8 Å². The Morgan fingerprint density at radius 2 is 1.86 bits per heavy atom. The number of carbonyl (C=O) groups is 1. The monoisotopic (exact) mass is 324 g/mol. The fraction of sp³-hybridized carbons (Fsp3) is 0.533. The Bertz CT molecular complexity index is 653. The molecule has 2 aliphatic heterocycles. The smallest absolute Gasteiger partial charge is 0.254 e. The molecule has 0 aliphatic carbocycles. The van der Waals surface area contributed by atoms with E-state index in [-0.39, 0.29) is 11.7 Å². The molecule has 7 heteroatoms. The summed E-state index contributed by atoms with van der Waals surface area (Å²) < 4.78 is 31.0. The molecule has 0 atom stereocenters. The predicted molar refractivity (Wildman–Crippen MR) is 83.5 cm³/mol. The van der Waals surface area contributed by atoms with E-state index >= 15 is 0 Å². The third-order valence-corrected chi connectivity index (χ3v) is 5.90. The normalized spacial score (nSPS) is 21.6. The molecular formula is C15H20N2O4S. The van der Waals surface area contributed by atoms with Crippen LogP contribution in [0.15, 0.2) is 24.3 Å². The number of amides is 1. The average Bonchev–Trinajstić information content (AvgIpc) is 2.55. The maximum atomic E-state index is 12.5. The van der Waals surface area contributed by atoms with Crippen molar-refractivity contribution < 1.29 is 17.9 Å². The Balaban J connectivity index is 1.84. The van der Waals surface area contributed by atoms with Gasteiger partial charge in [-0.2, -0.15) is 0 Å². The van der Waals surface area contributed by atoms with Crippen LogP contribution in [-0.2, 0) is 14.8 Å². The molecule has 0 N–H and O–H groups in total. The molecule has 2 aliphatic rings. The standard InChI is InChI=1S/C15H20N2O4S/c18-15(16-7-9-21-10-8-16)13-4-3-5-14(12-13)17-6-1-2-11-22(17,19)20/h3-5,12H,1-2,6-11H2. The number of sulfonamides is 1. The summed E-state index contributed by atoms with van der Waals surface area (Å²) >= 11 is 0. The van der Waals surface area contributed by atoms with Crippen molar-refractivity contribution in [3.05, 3.63) is 29.8 Å². The highest BCUT2D eigenvalue weighted by molar-refractivity contribution is 7.92. The number of morpholine rings is 1. The maximum Gasteiger partial charge on any atom is 0.254 e. The third kappa shape index (κ3) is 3.10. The lowest BCUT2D eigenvalue weighted by Gasteiger charge is -2.29. The number of nitrogens with zero attached hydrogens (tertiary/aromatic N) is 2. The van der Waals surface area contributed by atoms with Crippen molar-refractivity contribution in [1.82, 2.24) is 4.90 Å². The molecular weight excluding hydrogens is 304 g/mol. The highest BCUT2D eigenvalue weighted by Gasteiger charge is 2.27. The number of benzene rings is 1. The van der Waals surface area contributed by atoms with E-state index in [0.29, 0.717) is 50.5 Å². The predicted octanol–water partition coefficient (Wildman–Crippen LogP) is 1.09. The van der Waals surface area contributed by atoms with Gasteiger partial charge < -0.3 is 9.64 Å². The Morgan fingerprint density at radius 3 is 2.59 bits per heavy atom. The van der Waals surface area contributed by atoms with Crippen molar-refractivity contribution in [2.45, 2.75) is 12.8 Å². The summed E-state index contributed by atoms with van der Waals surface area (Å²) in [7, 11) is -3.26. The van der Waals surface area contributed by atoms with E-state index in [4.69, 9.17) is 4.74 Å². The average molecular weight is 324 g/mol. The number of carbonyl (C=O) groups excluding carboxylic acids is 1. The molecule has 0 bridgehead atoms. The summed E-state index contributed by atoms with van der Waals surface area (Å²) in [6, 6.07) is 6.91. The van der Waals surface area contributed by atoms with E-state index in [1.165, 1.54) is 4.31 Å². The number of rotatable bonds is 2. The molecule has 1 aromatic rings. The van der Waals surface area contributed by atoms with Gasteiger partial charge in [0.25, 0.3) is 5.91 Å². The Kier molecular flexibility index (Phi) is 4.35. The zero-order valence-electron chi connectivity index (χ0n) is 12.4. The Labute approximate surface area is 130 Å². The second kappa shape index (κ2) is 6.26. The summed E-state index contributed by atoms with van der Waals surface area (Å²) in [5, 5.41) is 0. The summed E-state index contributed by atoms with van der Waals surface area (Å²) in [5.41, 5.74) is 1.11. The zero-order valence-corrected chi connectivity index (χ0v) is 13.2. The summed E-state index contributed by atoms with van der Waals surface area (Å²) in [5.74, 6) is 0.105. The van der Waals surface area contributed by atoms with Crippen LogP contribution in [0, 0.1) is 0 Å². The molecule has 0 aromatic heterocycles. The van der Waals surface area contributed by atoms with Crippen LogP contribution in [0.1, 0.15) is 23.2 Å². The van der Waals surface area contributed by atoms with Gasteiger partial charge in [-0.15, -0.1) is 0 Å². The number of hydrogen-bond donors (Lipinski definition) is 0. The first-order chi connectivity index (χ1) is 10.6. The molecule has 2 fully saturated rings. The van der Waals surface area contributed by atoms with Gasteiger partial charge in [0, 0.05) is 25.2 Å². The summed E-state index contributed by atoms with van der Waals surface area (Å²) in [6.45, 7) is 2.73. The third-order valence-electron chi connectivity index (χ3n) is 4.03. The molecule has 0 spiro atoms. The van der Waals surface area contributed by atoms with Crippen molar-refractivity contribution >= 4 is 21.6 Å². The van der Waals surface area contributed by atoms with Gasteiger partial charge >= 0.3 is 0 Å². The minimum absolute atomic E-state index is 0.0699. The molecule has 0 unspecified atom stereocenters. The molecule has 6 nitrogen and oxygen atoms in total. The van der Waals surface area contributed by atoms with E-state index in [0.717, 1.165) is 6.42 Å². The molecule has 2 heterocycles. The van der Waals surface area contributed by atoms with Gasteiger partial charge in [-0.05, 0) is 31.0 Å². The van der Waals surface area contributed by atoms with Crippen molar-refractivity contribution in [2.24, 2.45) is 0 Å². The maximum absolute atomic E-state index is 12.5. The lowest BCUT2D eigenvalue weighted by Crippen LogP contribution is -2.41. The summed E-state index contributed by atoms with van der Waals surface area (Å²) in [4.78, 5) is 14.2. The Hall–Kier alpha value is -1.60. The van der Waals surface area contributed by atoms with Gasteiger partial charge in [-0.25, -0.2) is 8.42 Å². The second-order valence-corrected chi connectivity index (χ2v) is 7.56. The molecule has 3 rings (SSSR count). The van der Waals surface area contributed by atoms with Crippen molar-refractivity contribution in [1.29, 1.82) is 0 Å². The van der Waals surface area contributed by atoms with Crippen molar-refractivity contribution in [3.63, 3.8) is 0 Å². The van der Waals surface area contributed by atoms with Crippen molar-refractivity contribution in [2.75, 3.05) is 42.9 Å². The highest BCUT2D eigenvalue weighted by Crippen LogP contribution is 2.24. The summed E-state index contributed by atoms with van der Waals surface area (Å²) in [6.07, 6.45) is 1.55. The van der Waals surface area contributed by atoms with Gasteiger partial charge in [0.15, 0.2) is 0 Å². The second-order valence-electron chi connectivity index (χ2n) is 5.55. The molecule has 120 valence electrons. The van der Waals surface area contributed by atoms with Crippen LogP contribution >= 0.6 is 0 Å². The molecule has 0 radical (unpaired) electrons. The lowest BCUT2D eigenvalue weighted by molar-refractivity contribution is 0.0303. The molecule has 2 saturated heterocycles. The van der Waals surface area contributed by atoms with Gasteiger partial charge in [0.1, 0.15) is 0 Å². The van der Waals surface area contributed by atoms with E-state index in [2.05, 4.69) is 0 Å². The van der Waals surface area contributed by atoms with Crippen LogP contribution in [0.5, 0.6) is 0 Å². The van der Waals surface area contributed by atoms with Crippen molar-refractivity contribution in [3.8, 4) is 0 Å². The zero-order chi connectivity index (χ0) is 15.6. The van der Waals surface area contributed by atoms with Crippen LogP contribution < -0.4 is 4.31 Å². The number of hydrogen-bond acceptors (Lipinski definition) is 4. The number of ether oxygens (including phenoxy) is 1. The largest absolute Gasteiger partial charge is 0.378 e. The highest BCUT2D eigenvalue weighted by atomic mass is 32.2. The van der Waals surface area contributed by atoms with E-state index < -0.39 is 10.0 Å². The SMILES string of the molecule is O=C(c1cccc(N2CCCCS2(=O)=O)c1)N1CCOCC1. The van der Waals surface area contributed by atoms with E-state index in [1.807, 2.05) is 0 Å². The lowest BCUT2D eigenvalue weighted by atomic mass is 10.1. The van der Waals surface area contributed by atoms with E-state index in [9.17, 15) is 13.2 Å². The minimum atomic E-state index is -3.26. The van der Waals surface area contributed by atoms with Gasteiger partial charge in [0.2, 0.25) is 10.0 Å². The van der Waals surface area contributed by atoms with E-state index in [1.54, 1.807) is 29.2 Å². The first-order valence-electron chi connectivity index (χ1n) is 7.55. The van der Waals surface area contributed by atoms with Gasteiger partial charge in [-0.1, -0.05) is 6.07 Å². The fourth-order valence-electron chi connectivity index (χ4n) is 2.82. The van der Waals surface area contributed by atoms with Crippen LogP contribution in [0.3, 0.4) is 0 Å². The van der Waals surface area contributed by atoms with Crippen LogP contribution in [0.25, 0.3) is 0 Å². The molecule has 1 aromatic carbocycles. The Morgan fingerprint density at radius 1 is 1.09 bits per heavy atom. The van der Waals surface area contributed by atoms with Gasteiger partial charge in [0.05, 0.1) is 24.7 Å².